The summed E-state index contributed by atoms with van der Waals surface area (Å²) in [6.07, 6.45) is 16.1. The lowest BCUT2D eigenvalue weighted by molar-refractivity contribution is 0.108. The molecule has 2 fully saturated rings. The van der Waals surface area contributed by atoms with Crippen LogP contribution in [0.4, 0.5) is 0 Å². The normalized spacial score (nSPS) is 33.5. The molecule has 100 valence electrons. The Bertz CT molecular complexity index is 204. The van der Waals surface area contributed by atoms with E-state index in [-0.39, 0.29) is 0 Å². The van der Waals surface area contributed by atoms with Gasteiger partial charge in [0.2, 0.25) is 0 Å². The molecular weight excluding hydrogens is 206 g/mol. The molecule has 1 unspecified atom stereocenters. The van der Waals surface area contributed by atoms with E-state index in [4.69, 9.17) is 0 Å². The van der Waals surface area contributed by atoms with Crippen LogP contribution in [-0.4, -0.2) is 23.0 Å². The lowest BCUT2D eigenvalue weighted by Gasteiger charge is -2.37. The first-order chi connectivity index (χ1) is 8.33. The summed E-state index contributed by atoms with van der Waals surface area (Å²) in [5, 5.41) is 0. The van der Waals surface area contributed by atoms with E-state index in [1.165, 1.54) is 70.6 Å². The van der Waals surface area contributed by atoms with Crippen LogP contribution in [0.3, 0.4) is 0 Å². The van der Waals surface area contributed by atoms with Crippen LogP contribution < -0.4 is 0 Å². The van der Waals surface area contributed by atoms with E-state index in [1.54, 1.807) is 0 Å². The maximum atomic E-state index is 2.93. The largest absolute Gasteiger partial charge is 0.295 e. The summed E-state index contributed by atoms with van der Waals surface area (Å²) in [5.74, 6) is 0. The zero-order chi connectivity index (χ0) is 12.1. The van der Waals surface area contributed by atoms with Crippen molar-refractivity contribution in [1.82, 2.24) is 4.90 Å². The first-order valence-corrected chi connectivity index (χ1v) is 8.10. The molecule has 1 aliphatic carbocycles. The topological polar surface area (TPSA) is 3.24 Å². The van der Waals surface area contributed by atoms with Crippen molar-refractivity contribution in [1.29, 1.82) is 0 Å². The van der Waals surface area contributed by atoms with E-state index in [9.17, 15) is 0 Å². The van der Waals surface area contributed by atoms with Gasteiger partial charge in [-0.25, -0.2) is 0 Å². The molecule has 0 radical (unpaired) electrons. The van der Waals surface area contributed by atoms with Crippen molar-refractivity contribution in [3.05, 3.63) is 0 Å². The molecule has 0 N–H and O–H groups in total. The molecule has 0 amide bonds. The molecule has 0 aromatic heterocycles. The third-order valence-electron chi connectivity index (χ3n) is 4.97. The summed E-state index contributed by atoms with van der Waals surface area (Å²) in [6, 6.07) is 2.69. The molecule has 17 heavy (non-hydrogen) atoms. The molecule has 1 aliphatic heterocycles. The third kappa shape index (κ3) is 3.47. The Morgan fingerprint density at radius 1 is 0.882 bits per heavy atom. The zero-order valence-electron chi connectivity index (χ0n) is 12.0. The Labute approximate surface area is 108 Å². The summed E-state index contributed by atoms with van der Waals surface area (Å²) in [5.41, 5.74) is 0. The van der Waals surface area contributed by atoms with Gasteiger partial charge in [0.15, 0.2) is 0 Å². The van der Waals surface area contributed by atoms with Gasteiger partial charge in [0.25, 0.3) is 0 Å². The van der Waals surface area contributed by atoms with Gasteiger partial charge in [-0.05, 0) is 39.0 Å². The Morgan fingerprint density at radius 3 is 2.18 bits per heavy atom. The molecule has 1 heteroatoms. The highest BCUT2D eigenvalue weighted by molar-refractivity contribution is 4.90. The van der Waals surface area contributed by atoms with Crippen molar-refractivity contribution in [3.8, 4) is 0 Å². The molecule has 2 atom stereocenters. The smallest absolute Gasteiger partial charge is 0.0101 e. The van der Waals surface area contributed by atoms with Crippen molar-refractivity contribution >= 4 is 0 Å². The molecule has 1 saturated carbocycles. The van der Waals surface area contributed by atoms with E-state index in [0.717, 1.165) is 18.1 Å². The fourth-order valence-corrected chi connectivity index (χ4v) is 4.11. The van der Waals surface area contributed by atoms with Gasteiger partial charge in [-0.2, -0.15) is 0 Å². The Hall–Kier alpha value is -0.0400. The van der Waals surface area contributed by atoms with Crippen LogP contribution in [0.25, 0.3) is 0 Å². The highest BCUT2D eigenvalue weighted by Gasteiger charge is 2.34. The van der Waals surface area contributed by atoms with Crippen LogP contribution in [-0.2, 0) is 0 Å². The predicted octanol–water partition coefficient (Wildman–Crippen LogP) is 4.75. The molecule has 0 aromatic rings. The van der Waals surface area contributed by atoms with Crippen LogP contribution in [0.15, 0.2) is 0 Å². The highest BCUT2D eigenvalue weighted by atomic mass is 15.2. The predicted molar refractivity (Wildman–Crippen MR) is 75.3 cm³/mol. The molecule has 1 heterocycles. The van der Waals surface area contributed by atoms with Gasteiger partial charge in [-0.15, -0.1) is 0 Å². The van der Waals surface area contributed by atoms with Gasteiger partial charge in [-0.3, -0.25) is 4.90 Å². The molecule has 2 rings (SSSR count). The summed E-state index contributed by atoms with van der Waals surface area (Å²) in [6.45, 7) is 4.81. The van der Waals surface area contributed by atoms with Gasteiger partial charge in [-0.1, -0.05) is 45.4 Å². The third-order valence-corrected chi connectivity index (χ3v) is 4.97. The molecule has 1 nitrogen and oxygen atoms in total. The fraction of sp³-hybridized carbons (Fsp3) is 1.00. The van der Waals surface area contributed by atoms with Crippen molar-refractivity contribution < 1.29 is 0 Å². The molecule has 2 aliphatic rings. The van der Waals surface area contributed by atoms with Crippen molar-refractivity contribution in [2.45, 2.75) is 103 Å². The number of rotatable bonds is 3. The van der Waals surface area contributed by atoms with Crippen molar-refractivity contribution in [3.63, 3.8) is 0 Å². The summed E-state index contributed by atoms with van der Waals surface area (Å²) in [7, 11) is 0. The highest BCUT2D eigenvalue weighted by Crippen LogP contribution is 2.33. The monoisotopic (exact) mass is 237 g/mol. The molecule has 0 spiro atoms. The Morgan fingerprint density at radius 2 is 1.53 bits per heavy atom. The van der Waals surface area contributed by atoms with Gasteiger partial charge < -0.3 is 0 Å². The summed E-state index contributed by atoms with van der Waals surface area (Å²) >= 11 is 0. The van der Waals surface area contributed by atoms with Gasteiger partial charge in [0, 0.05) is 18.1 Å². The van der Waals surface area contributed by atoms with Crippen LogP contribution in [0, 0.1) is 0 Å². The van der Waals surface area contributed by atoms with E-state index in [1.807, 2.05) is 0 Å². The van der Waals surface area contributed by atoms with Crippen LogP contribution in [0.1, 0.15) is 84.5 Å². The van der Waals surface area contributed by atoms with Crippen molar-refractivity contribution in [2.75, 3.05) is 0 Å². The first-order valence-electron chi connectivity index (χ1n) is 8.10. The zero-order valence-corrected chi connectivity index (χ0v) is 12.0. The molecular formula is C16H31N. The number of hydrogen-bond donors (Lipinski definition) is 0. The molecule has 0 bridgehead atoms. The Balaban J connectivity index is 1.95. The van der Waals surface area contributed by atoms with E-state index in [2.05, 4.69) is 18.7 Å². The van der Waals surface area contributed by atoms with E-state index in [0.29, 0.717) is 0 Å². The minimum atomic E-state index is 0.857. The Kier molecular flexibility index (Phi) is 5.34. The van der Waals surface area contributed by atoms with Crippen molar-refractivity contribution in [2.24, 2.45) is 0 Å². The minimum Gasteiger partial charge on any atom is -0.295 e. The number of likely N-dealkylation sites (tertiary alicyclic amines) is 1. The first kappa shape index (κ1) is 13.4. The maximum Gasteiger partial charge on any atom is 0.0101 e. The van der Waals surface area contributed by atoms with Crippen LogP contribution in [0.2, 0.25) is 0 Å². The summed E-state index contributed by atoms with van der Waals surface area (Å²) < 4.78 is 0. The average Bonchev–Trinajstić information content (AvgIpc) is 2.61. The lowest BCUT2D eigenvalue weighted by atomic mass is 9.94. The number of nitrogens with zero attached hydrogens (tertiary/aromatic N) is 1. The fourth-order valence-electron chi connectivity index (χ4n) is 4.11. The second-order valence-corrected chi connectivity index (χ2v) is 6.32. The summed E-state index contributed by atoms with van der Waals surface area (Å²) in [4.78, 5) is 2.93. The SMILES string of the molecule is CCC[C@@H]1CCC(C)N1C1CCCCCCC1. The van der Waals surface area contributed by atoms with E-state index < -0.39 is 0 Å². The minimum absolute atomic E-state index is 0.857. The number of hydrogen-bond acceptors (Lipinski definition) is 1. The van der Waals surface area contributed by atoms with Gasteiger partial charge in [0.1, 0.15) is 0 Å². The van der Waals surface area contributed by atoms with Gasteiger partial charge >= 0.3 is 0 Å². The second-order valence-electron chi connectivity index (χ2n) is 6.32. The van der Waals surface area contributed by atoms with Crippen LogP contribution in [0.5, 0.6) is 0 Å². The quantitative estimate of drug-likeness (QED) is 0.684. The molecule has 0 aromatic carbocycles. The van der Waals surface area contributed by atoms with Gasteiger partial charge in [0.05, 0.1) is 0 Å². The lowest BCUT2D eigenvalue weighted by Crippen LogP contribution is -2.43. The van der Waals surface area contributed by atoms with Crippen LogP contribution >= 0.6 is 0 Å². The standard InChI is InChI=1S/C16H31N/c1-3-9-15-13-12-14(2)17(15)16-10-7-5-4-6-8-11-16/h14-16H,3-13H2,1-2H3/t14?,15-/m1/s1. The maximum absolute atomic E-state index is 2.93. The van der Waals surface area contributed by atoms with E-state index >= 15 is 0 Å². The average molecular weight is 237 g/mol. The second kappa shape index (κ2) is 6.78. The molecule has 1 saturated heterocycles.